The maximum Gasteiger partial charge on any atom is 0.458 e. The Morgan fingerprint density at radius 3 is 2.29 bits per heavy atom. The predicted octanol–water partition coefficient (Wildman–Crippen LogP) is 7.05. The molecule has 6 rings (SSSR count). The summed E-state index contributed by atoms with van der Waals surface area (Å²) >= 11 is 0. The van der Waals surface area contributed by atoms with Crippen LogP contribution in [0.5, 0.6) is 0 Å². The normalized spacial score (nSPS) is 17.5. The van der Waals surface area contributed by atoms with Crippen LogP contribution in [0.25, 0.3) is 22.3 Å². The summed E-state index contributed by atoms with van der Waals surface area (Å²) in [6, 6.07) is 16.8. The molecule has 1 saturated heterocycles. The van der Waals surface area contributed by atoms with E-state index in [1.54, 1.807) is 24.3 Å². The summed E-state index contributed by atoms with van der Waals surface area (Å²) in [6.07, 6.45) is 3.18. The molecule has 4 aromatic rings. The van der Waals surface area contributed by atoms with E-state index in [1.807, 2.05) is 52.0 Å². The van der Waals surface area contributed by atoms with Crippen LogP contribution in [-0.2, 0) is 31.5 Å². The summed E-state index contributed by atoms with van der Waals surface area (Å²) in [6.45, 7) is 8.09. The van der Waals surface area contributed by atoms with E-state index >= 15 is 0 Å². The van der Waals surface area contributed by atoms with E-state index in [1.165, 1.54) is 19.2 Å². The van der Waals surface area contributed by atoms with Gasteiger partial charge < -0.3 is 19.0 Å². The molecule has 2 aliphatic rings. The maximum atomic E-state index is 13.6. The summed E-state index contributed by atoms with van der Waals surface area (Å²) < 4.78 is 61.9. The van der Waals surface area contributed by atoms with E-state index in [2.05, 4.69) is 10.0 Å². The molecule has 11 heteroatoms. The van der Waals surface area contributed by atoms with Gasteiger partial charge in [-0.05, 0) is 106 Å². The third-order valence-electron chi connectivity index (χ3n) is 9.02. The number of carbonyl (C=O) groups excluding carboxylic acids is 1. The number of anilines is 1. The second-order valence-electron chi connectivity index (χ2n) is 13.0. The van der Waals surface area contributed by atoms with Crippen molar-refractivity contribution < 1.29 is 31.3 Å². The highest BCUT2D eigenvalue weighted by molar-refractivity contribution is 7.91. The average molecular weight is 633 g/mol. The van der Waals surface area contributed by atoms with Crippen molar-refractivity contribution in [1.29, 1.82) is 0 Å². The van der Waals surface area contributed by atoms with E-state index in [9.17, 15) is 17.6 Å². The first-order valence-corrected chi connectivity index (χ1v) is 16.9. The van der Waals surface area contributed by atoms with Gasteiger partial charge >= 0.3 is 7.12 Å². The third-order valence-corrected chi connectivity index (χ3v) is 10.3. The van der Waals surface area contributed by atoms with Crippen LogP contribution in [0.3, 0.4) is 0 Å². The molecule has 0 radical (unpaired) electrons. The fourth-order valence-electron chi connectivity index (χ4n) is 5.80. The summed E-state index contributed by atoms with van der Waals surface area (Å²) in [4.78, 5) is 13.0. The monoisotopic (exact) mass is 632 g/mol. The highest BCUT2D eigenvalue weighted by atomic mass is 32.2. The smallest absolute Gasteiger partial charge is 0.455 e. The van der Waals surface area contributed by atoms with Crippen LogP contribution in [-0.4, -0.2) is 39.7 Å². The Bertz CT molecular complexity index is 1850. The number of hydrogen-bond acceptors (Lipinski definition) is 6. The van der Waals surface area contributed by atoms with Gasteiger partial charge in [-0.2, -0.15) is 0 Å². The highest BCUT2D eigenvalue weighted by Crippen LogP contribution is 2.47. The molecule has 2 fully saturated rings. The van der Waals surface area contributed by atoms with Crippen LogP contribution >= 0.6 is 0 Å². The van der Waals surface area contributed by atoms with E-state index in [0.29, 0.717) is 51.8 Å². The first-order valence-electron chi connectivity index (χ1n) is 15.3. The number of carbonyl (C=O) groups is 1. The largest absolute Gasteiger partial charge is 0.458 e. The lowest BCUT2D eigenvalue weighted by Gasteiger charge is -2.32. The topological polar surface area (TPSA) is 107 Å². The van der Waals surface area contributed by atoms with Crippen molar-refractivity contribution in [3.05, 3.63) is 88.7 Å². The molecule has 0 atom stereocenters. The molecule has 1 saturated carbocycles. The molecule has 2 N–H and O–H groups in total. The minimum Gasteiger partial charge on any atom is -0.455 e. The molecule has 2 heterocycles. The van der Waals surface area contributed by atoms with Gasteiger partial charge in [0.25, 0.3) is 5.91 Å². The van der Waals surface area contributed by atoms with Crippen molar-refractivity contribution >= 4 is 39.7 Å². The first kappa shape index (κ1) is 31.3. The first-order chi connectivity index (χ1) is 21.2. The standard InChI is InChI=1S/C34H38BFN2O6S/c1-33(2)34(3,4)44-35(43-33)16-15-21-7-6-8-22(17-21)20-45(40,41)38-28-19-29-27(18-26(28)23-9-10-23)30(32(39)37-5)31(42-29)24-11-13-25(36)14-12-24/h6-8,11-14,17-19,23,38H,9-10,15-16,20H2,1-5H3,(H,37,39). The van der Waals surface area contributed by atoms with Crippen LogP contribution in [0.1, 0.15) is 73.5 Å². The lowest BCUT2D eigenvalue weighted by atomic mass is 9.81. The van der Waals surface area contributed by atoms with Crippen LogP contribution in [0.4, 0.5) is 10.1 Å². The Kier molecular flexibility index (Phi) is 8.08. The van der Waals surface area contributed by atoms with Crippen molar-refractivity contribution in [2.45, 2.75) is 76.2 Å². The second-order valence-corrected chi connectivity index (χ2v) is 14.7. The van der Waals surface area contributed by atoms with Gasteiger partial charge in [0.05, 0.1) is 28.2 Å². The fourth-order valence-corrected chi connectivity index (χ4v) is 7.00. The van der Waals surface area contributed by atoms with Gasteiger partial charge in [0, 0.05) is 24.1 Å². The molecule has 0 unspecified atom stereocenters. The van der Waals surface area contributed by atoms with E-state index < -0.39 is 27.0 Å². The number of amides is 1. The second kappa shape index (κ2) is 11.6. The van der Waals surface area contributed by atoms with Gasteiger partial charge in [-0.15, -0.1) is 0 Å². The molecule has 1 aromatic heterocycles. The zero-order valence-corrected chi connectivity index (χ0v) is 27.0. The molecular formula is C34H38BFN2O6S. The van der Waals surface area contributed by atoms with Gasteiger partial charge in [-0.3, -0.25) is 9.52 Å². The number of aryl methyl sites for hydroxylation is 1. The van der Waals surface area contributed by atoms with Gasteiger partial charge in [0.1, 0.15) is 17.2 Å². The number of sulfonamides is 1. The highest BCUT2D eigenvalue weighted by Gasteiger charge is 2.50. The number of benzene rings is 3. The Morgan fingerprint density at radius 2 is 1.64 bits per heavy atom. The summed E-state index contributed by atoms with van der Waals surface area (Å²) in [7, 11) is -2.60. The molecule has 1 aliphatic heterocycles. The van der Waals surface area contributed by atoms with Crippen LogP contribution in [0.2, 0.25) is 6.32 Å². The van der Waals surface area contributed by atoms with E-state index in [-0.39, 0.29) is 24.7 Å². The third kappa shape index (κ3) is 6.52. The number of furan rings is 1. The lowest BCUT2D eigenvalue weighted by molar-refractivity contribution is 0.00578. The molecule has 0 spiro atoms. The zero-order valence-electron chi connectivity index (χ0n) is 26.2. The molecule has 1 aliphatic carbocycles. The molecule has 45 heavy (non-hydrogen) atoms. The Labute approximate surface area is 263 Å². The maximum absolute atomic E-state index is 13.6. The summed E-state index contributed by atoms with van der Waals surface area (Å²) in [5.41, 5.74) is 3.36. The van der Waals surface area contributed by atoms with Crippen molar-refractivity contribution in [1.82, 2.24) is 5.32 Å². The summed E-state index contributed by atoms with van der Waals surface area (Å²) in [5.74, 6) is -0.487. The predicted molar refractivity (Wildman–Crippen MR) is 174 cm³/mol. The quantitative estimate of drug-likeness (QED) is 0.182. The van der Waals surface area contributed by atoms with E-state index in [0.717, 1.165) is 24.0 Å². The Morgan fingerprint density at radius 1 is 0.978 bits per heavy atom. The number of nitrogens with one attached hydrogen (secondary N) is 2. The van der Waals surface area contributed by atoms with E-state index in [4.69, 9.17) is 13.7 Å². The SMILES string of the molecule is CNC(=O)c1c(-c2ccc(F)cc2)oc2cc(NS(=O)(=O)Cc3cccc(CCB4OC(C)(C)C(C)(C)O4)c3)c(C3CC3)cc12. The Balaban J connectivity index is 1.24. The van der Waals surface area contributed by atoms with Gasteiger partial charge in [0.15, 0.2) is 0 Å². The molecular weight excluding hydrogens is 594 g/mol. The average Bonchev–Trinajstić information content (AvgIpc) is 3.71. The van der Waals surface area contributed by atoms with Crippen LogP contribution < -0.4 is 10.0 Å². The number of hydrogen-bond donors (Lipinski definition) is 2. The van der Waals surface area contributed by atoms with Crippen molar-refractivity contribution in [2.75, 3.05) is 11.8 Å². The lowest BCUT2D eigenvalue weighted by Crippen LogP contribution is -2.41. The Hall–Kier alpha value is -3.67. The molecule has 1 amide bonds. The molecule has 0 bridgehead atoms. The van der Waals surface area contributed by atoms with Crippen molar-refractivity contribution in [3.8, 4) is 11.3 Å². The van der Waals surface area contributed by atoms with Gasteiger partial charge in [-0.25, -0.2) is 12.8 Å². The molecule has 236 valence electrons. The van der Waals surface area contributed by atoms with Crippen molar-refractivity contribution in [3.63, 3.8) is 0 Å². The number of rotatable bonds is 10. The van der Waals surface area contributed by atoms with Gasteiger partial charge in [0.2, 0.25) is 10.0 Å². The van der Waals surface area contributed by atoms with Gasteiger partial charge in [-0.1, -0.05) is 24.3 Å². The zero-order chi connectivity index (χ0) is 32.1. The number of halogens is 1. The molecule has 8 nitrogen and oxygen atoms in total. The van der Waals surface area contributed by atoms with Crippen LogP contribution in [0, 0.1) is 5.82 Å². The van der Waals surface area contributed by atoms with Crippen molar-refractivity contribution in [2.24, 2.45) is 0 Å². The summed E-state index contributed by atoms with van der Waals surface area (Å²) in [5, 5.41) is 3.24. The fraction of sp³-hybridized carbons (Fsp3) is 0.382. The number of fused-ring (bicyclic) bond motifs is 1. The minimum absolute atomic E-state index is 0.173. The van der Waals surface area contributed by atoms with Crippen LogP contribution in [0.15, 0.2) is 65.1 Å². The minimum atomic E-state index is -3.81. The molecule has 3 aromatic carbocycles.